The van der Waals surface area contributed by atoms with Gasteiger partial charge in [-0.3, -0.25) is 4.79 Å². The standard InChI is InChI=1S/C17H21N5O3/c1-11-18-15(20-25-11)13-8-9-22(10-13)17(24)19-14-6-4-12(5-7-14)16(23)21(2)3/h4-7,13H,8-10H2,1-3H3,(H,19,24). The Hall–Kier alpha value is -2.90. The van der Waals surface area contributed by atoms with Crippen molar-refractivity contribution < 1.29 is 14.1 Å². The molecule has 8 heteroatoms. The number of likely N-dealkylation sites (tertiary alicyclic amines) is 1. The monoisotopic (exact) mass is 343 g/mol. The summed E-state index contributed by atoms with van der Waals surface area (Å²) in [5.74, 6) is 1.21. The highest BCUT2D eigenvalue weighted by atomic mass is 16.5. The molecule has 0 bridgehead atoms. The summed E-state index contributed by atoms with van der Waals surface area (Å²) in [6.45, 7) is 2.95. The molecule has 0 radical (unpaired) electrons. The largest absolute Gasteiger partial charge is 0.345 e. The lowest BCUT2D eigenvalue weighted by atomic mass is 10.1. The zero-order chi connectivity index (χ0) is 18.0. The predicted octanol–water partition coefficient (Wildman–Crippen LogP) is 2.10. The molecule has 1 N–H and O–H groups in total. The van der Waals surface area contributed by atoms with Crippen molar-refractivity contribution in [2.24, 2.45) is 0 Å². The third-order valence-electron chi connectivity index (χ3n) is 4.17. The minimum absolute atomic E-state index is 0.0735. The molecule has 1 unspecified atom stereocenters. The molecule has 25 heavy (non-hydrogen) atoms. The molecule has 1 aliphatic heterocycles. The predicted molar refractivity (Wildman–Crippen MR) is 91.4 cm³/mol. The van der Waals surface area contributed by atoms with E-state index in [1.165, 1.54) is 4.90 Å². The van der Waals surface area contributed by atoms with Crippen LogP contribution in [0.4, 0.5) is 10.5 Å². The molecule has 1 aromatic heterocycles. The fraction of sp³-hybridized carbons (Fsp3) is 0.412. The molecule has 3 rings (SSSR count). The van der Waals surface area contributed by atoms with Gasteiger partial charge in [-0.15, -0.1) is 0 Å². The van der Waals surface area contributed by atoms with Gasteiger partial charge in [-0.05, 0) is 30.7 Å². The van der Waals surface area contributed by atoms with Crippen molar-refractivity contribution in [1.82, 2.24) is 19.9 Å². The van der Waals surface area contributed by atoms with E-state index in [9.17, 15) is 9.59 Å². The Morgan fingerprint density at radius 2 is 2.00 bits per heavy atom. The van der Waals surface area contributed by atoms with E-state index in [-0.39, 0.29) is 17.9 Å². The van der Waals surface area contributed by atoms with Crippen LogP contribution in [0, 0.1) is 6.92 Å². The van der Waals surface area contributed by atoms with Crippen LogP contribution in [-0.2, 0) is 0 Å². The van der Waals surface area contributed by atoms with E-state index in [4.69, 9.17) is 4.52 Å². The Balaban J connectivity index is 1.58. The number of hydrogen-bond donors (Lipinski definition) is 1. The second-order valence-corrected chi connectivity index (χ2v) is 6.31. The van der Waals surface area contributed by atoms with Gasteiger partial charge in [0, 0.05) is 51.3 Å². The summed E-state index contributed by atoms with van der Waals surface area (Å²) < 4.78 is 5.00. The summed E-state index contributed by atoms with van der Waals surface area (Å²) in [7, 11) is 3.40. The van der Waals surface area contributed by atoms with Gasteiger partial charge in [-0.2, -0.15) is 4.98 Å². The van der Waals surface area contributed by atoms with Gasteiger partial charge in [-0.1, -0.05) is 5.16 Å². The molecule has 0 spiro atoms. The SMILES string of the molecule is Cc1nc(C2CCN(C(=O)Nc3ccc(C(=O)N(C)C)cc3)C2)no1. The van der Waals surface area contributed by atoms with E-state index in [1.807, 2.05) is 0 Å². The lowest BCUT2D eigenvalue weighted by Gasteiger charge is -2.17. The summed E-state index contributed by atoms with van der Waals surface area (Å²) in [6.07, 6.45) is 0.808. The molecule has 2 heterocycles. The molecular weight excluding hydrogens is 322 g/mol. The van der Waals surface area contributed by atoms with E-state index in [1.54, 1.807) is 50.2 Å². The topological polar surface area (TPSA) is 91.6 Å². The van der Waals surface area contributed by atoms with Crippen molar-refractivity contribution in [2.75, 3.05) is 32.5 Å². The number of amides is 3. The molecule has 1 fully saturated rings. The highest BCUT2D eigenvalue weighted by Crippen LogP contribution is 2.25. The minimum Gasteiger partial charge on any atom is -0.345 e. The lowest BCUT2D eigenvalue weighted by Crippen LogP contribution is -2.32. The second kappa shape index (κ2) is 6.92. The fourth-order valence-electron chi connectivity index (χ4n) is 2.79. The number of aromatic nitrogens is 2. The number of nitrogens with one attached hydrogen (secondary N) is 1. The van der Waals surface area contributed by atoms with Crippen LogP contribution in [0.15, 0.2) is 28.8 Å². The highest BCUT2D eigenvalue weighted by Gasteiger charge is 2.30. The van der Waals surface area contributed by atoms with Crippen LogP contribution in [0.1, 0.15) is 34.4 Å². The summed E-state index contributed by atoms with van der Waals surface area (Å²) in [4.78, 5) is 31.8. The van der Waals surface area contributed by atoms with Crippen LogP contribution in [-0.4, -0.2) is 59.1 Å². The summed E-state index contributed by atoms with van der Waals surface area (Å²) >= 11 is 0. The maximum atomic E-state index is 12.4. The van der Waals surface area contributed by atoms with Gasteiger partial charge in [0.25, 0.3) is 5.91 Å². The van der Waals surface area contributed by atoms with E-state index in [2.05, 4.69) is 15.5 Å². The first kappa shape index (κ1) is 16.9. The lowest BCUT2D eigenvalue weighted by molar-refractivity contribution is 0.0827. The Labute approximate surface area is 145 Å². The second-order valence-electron chi connectivity index (χ2n) is 6.31. The molecule has 2 aromatic rings. The van der Waals surface area contributed by atoms with Crippen molar-refractivity contribution >= 4 is 17.6 Å². The van der Waals surface area contributed by atoms with Gasteiger partial charge in [0.05, 0.1) is 0 Å². The van der Waals surface area contributed by atoms with Crippen LogP contribution >= 0.6 is 0 Å². The van der Waals surface area contributed by atoms with E-state index < -0.39 is 0 Å². The highest BCUT2D eigenvalue weighted by molar-refractivity contribution is 5.95. The normalized spacial score (nSPS) is 16.8. The van der Waals surface area contributed by atoms with Crippen LogP contribution in [0.2, 0.25) is 0 Å². The molecular formula is C17H21N5O3. The van der Waals surface area contributed by atoms with E-state index in [0.717, 1.165) is 6.42 Å². The molecule has 1 aromatic carbocycles. The van der Waals surface area contributed by atoms with Crippen LogP contribution in [0.3, 0.4) is 0 Å². The number of carbonyl (C=O) groups is 2. The average Bonchev–Trinajstić information content (AvgIpc) is 3.23. The van der Waals surface area contributed by atoms with Gasteiger partial charge < -0.3 is 19.6 Å². The Morgan fingerprint density at radius 3 is 2.60 bits per heavy atom. The number of hydrogen-bond acceptors (Lipinski definition) is 5. The van der Waals surface area contributed by atoms with Crippen molar-refractivity contribution in [3.05, 3.63) is 41.5 Å². The number of urea groups is 1. The fourth-order valence-corrected chi connectivity index (χ4v) is 2.79. The van der Waals surface area contributed by atoms with Gasteiger partial charge >= 0.3 is 6.03 Å². The first-order valence-electron chi connectivity index (χ1n) is 8.12. The third-order valence-corrected chi connectivity index (χ3v) is 4.17. The van der Waals surface area contributed by atoms with E-state index in [0.29, 0.717) is 36.1 Å². The van der Waals surface area contributed by atoms with Crippen molar-refractivity contribution in [3.8, 4) is 0 Å². The Morgan fingerprint density at radius 1 is 1.28 bits per heavy atom. The minimum atomic E-state index is -0.172. The Bertz CT molecular complexity index is 769. The van der Waals surface area contributed by atoms with Gasteiger partial charge in [0.2, 0.25) is 5.89 Å². The van der Waals surface area contributed by atoms with Crippen molar-refractivity contribution in [3.63, 3.8) is 0 Å². The zero-order valence-corrected chi connectivity index (χ0v) is 14.5. The summed E-state index contributed by atoms with van der Waals surface area (Å²) in [5.41, 5.74) is 1.23. The molecule has 0 saturated carbocycles. The number of nitrogens with zero attached hydrogens (tertiary/aromatic N) is 4. The summed E-state index contributed by atoms with van der Waals surface area (Å²) in [6, 6.07) is 6.68. The maximum absolute atomic E-state index is 12.4. The smallest absolute Gasteiger partial charge is 0.321 e. The molecule has 3 amide bonds. The third kappa shape index (κ3) is 3.78. The van der Waals surface area contributed by atoms with Crippen molar-refractivity contribution in [1.29, 1.82) is 0 Å². The maximum Gasteiger partial charge on any atom is 0.321 e. The quantitative estimate of drug-likeness (QED) is 0.921. The molecule has 132 valence electrons. The molecule has 0 aliphatic carbocycles. The number of benzene rings is 1. The van der Waals surface area contributed by atoms with E-state index >= 15 is 0 Å². The Kier molecular flexibility index (Phi) is 4.69. The molecule has 8 nitrogen and oxygen atoms in total. The van der Waals surface area contributed by atoms with Crippen LogP contribution < -0.4 is 5.32 Å². The average molecular weight is 343 g/mol. The van der Waals surface area contributed by atoms with Crippen molar-refractivity contribution in [2.45, 2.75) is 19.3 Å². The first-order valence-corrected chi connectivity index (χ1v) is 8.12. The van der Waals surface area contributed by atoms with Gasteiger partial charge in [0.1, 0.15) is 0 Å². The number of anilines is 1. The van der Waals surface area contributed by atoms with Gasteiger partial charge in [0.15, 0.2) is 5.82 Å². The summed E-state index contributed by atoms with van der Waals surface area (Å²) in [5, 5.41) is 6.79. The number of aryl methyl sites for hydroxylation is 1. The van der Waals surface area contributed by atoms with Gasteiger partial charge in [-0.25, -0.2) is 4.79 Å². The number of carbonyl (C=O) groups excluding carboxylic acids is 2. The molecule has 1 atom stereocenters. The molecule has 1 saturated heterocycles. The molecule has 1 aliphatic rings. The van der Waals surface area contributed by atoms with Crippen LogP contribution in [0.25, 0.3) is 0 Å². The number of rotatable bonds is 3. The first-order chi connectivity index (χ1) is 11.9. The van der Waals surface area contributed by atoms with Crippen LogP contribution in [0.5, 0.6) is 0 Å². The zero-order valence-electron chi connectivity index (χ0n) is 14.5.